The molecule has 25 heavy (non-hydrogen) atoms. The van der Waals surface area contributed by atoms with Gasteiger partial charge in [0, 0.05) is 36.9 Å². The van der Waals surface area contributed by atoms with Gasteiger partial charge in [-0.3, -0.25) is 14.9 Å². The van der Waals surface area contributed by atoms with E-state index in [0.29, 0.717) is 24.5 Å². The molecule has 0 radical (unpaired) electrons. The SMILES string of the molecule is COCCCNC(=O)c1ccc(Oc2ccc(Cl)cc2[N+](=O)[O-])cc1. The maximum atomic E-state index is 12.0. The Kier molecular flexibility index (Phi) is 6.73. The van der Waals surface area contributed by atoms with Crippen molar-refractivity contribution in [2.75, 3.05) is 20.3 Å². The lowest BCUT2D eigenvalue weighted by atomic mass is 10.2. The number of carbonyl (C=O) groups is 1. The van der Waals surface area contributed by atoms with E-state index in [-0.39, 0.29) is 22.4 Å². The van der Waals surface area contributed by atoms with Crippen molar-refractivity contribution in [3.8, 4) is 11.5 Å². The molecule has 2 rings (SSSR count). The maximum absolute atomic E-state index is 12.0. The van der Waals surface area contributed by atoms with Crippen molar-refractivity contribution < 1.29 is 19.2 Å². The van der Waals surface area contributed by atoms with Crippen LogP contribution in [0.4, 0.5) is 5.69 Å². The largest absolute Gasteiger partial charge is 0.450 e. The highest BCUT2D eigenvalue weighted by atomic mass is 35.5. The van der Waals surface area contributed by atoms with Crippen LogP contribution < -0.4 is 10.1 Å². The van der Waals surface area contributed by atoms with Crippen LogP contribution in [-0.2, 0) is 4.74 Å². The fourth-order valence-corrected chi connectivity index (χ4v) is 2.21. The van der Waals surface area contributed by atoms with E-state index in [0.717, 1.165) is 6.42 Å². The van der Waals surface area contributed by atoms with Gasteiger partial charge < -0.3 is 14.8 Å². The third-order valence-electron chi connectivity index (χ3n) is 3.27. The summed E-state index contributed by atoms with van der Waals surface area (Å²) in [4.78, 5) is 22.5. The molecule has 0 aliphatic carbocycles. The summed E-state index contributed by atoms with van der Waals surface area (Å²) in [6.45, 7) is 1.09. The summed E-state index contributed by atoms with van der Waals surface area (Å²) >= 11 is 5.77. The van der Waals surface area contributed by atoms with E-state index in [1.807, 2.05) is 0 Å². The zero-order valence-corrected chi connectivity index (χ0v) is 14.3. The van der Waals surface area contributed by atoms with Gasteiger partial charge >= 0.3 is 5.69 Å². The lowest BCUT2D eigenvalue weighted by molar-refractivity contribution is -0.385. The van der Waals surface area contributed by atoms with E-state index in [4.69, 9.17) is 21.1 Å². The molecule has 2 aromatic carbocycles. The molecule has 132 valence electrons. The molecule has 2 aromatic rings. The molecule has 0 spiro atoms. The monoisotopic (exact) mass is 364 g/mol. The topological polar surface area (TPSA) is 90.7 Å². The molecule has 0 aromatic heterocycles. The number of nitrogens with one attached hydrogen (secondary N) is 1. The molecule has 1 N–H and O–H groups in total. The second-order valence-electron chi connectivity index (χ2n) is 5.10. The fraction of sp³-hybridized carbons (Fsp3) is 0.235. The van der Waals surface area contributed by atoms with E-state index in [1.165, 1.54) is 18.2 Å². The molecule has 8 heteroatoms. The number of hydrogen-bond donors (Lipinski definition) is 1. The summed E-state index contributed by atoms with van der Waals surface area (Å²) in [5.74, 6) is 0.243. The molecule has 0 atom stereocenters. The first-order chi connectivity index (χ1) is 12.0. The number of nitro groups is 1. The van der Waals surface area contributed by atoms with Crippen LogP contribution in [0.2, 0.25) is 5.02 Å². The van der Waals surface area contributed by atoms with Gasteiger partial charge in [0.1, 0.15) is 5.75 Å². The van der Waals surface area contributed by atoms with Gasteiger partial charge in [-0.15, -0.1) is 0 Å². The first kappa shape index (κ1) is 18.7. The number of benzene rings is 2. The third kappa shape index (κ3) is 5.44. The van der Waals surface area contributed by atoms with E-state index in [2.05, 4.69) is 5.32 Å². The summed E-state index contributed by atoms with van der Waals surface area (Å²) in [7, 11) is 1.60. The number of nitrogens with zero attached hydrogens (tertiary/aromatic N) is 1. The second kappa shape index (κ2) is 9.00. The Morgan fingerprint density at radius 2 is 1.96 bits per heavy atom. The number of methoxy groups -OCH3 is 1. The lowest BCUT2D eigenvalue weighted by Crippen LogP contribution is -2.25. The summed E-state index contributed by atoms with van der Waals surface area (Å²) in [6.07, 6.45) is 0.726. The van der Waals surface area contributed by atoms with Crippen LogP contribution in [0.5, 0.6) is 11.5 Å². The van der Waals surface area contributed by atoms with Gasteiger partial charge in [0.25, 0.3) is 5.91 Å². The van der Waals surface area contributed by atoms with Crippen molar-refractivity contribution in [1.82, 2.24) is 5.32 Å². The fourth-order valence-electron chi connectivity index (χ4n) is 2.04. The van der Waals surface area contributed by atoms with Crippen molar-refractivity contribution in [2.45, 2.75) is 6.42 Å². The quantitative estimate of drug-likeness (QED) is 0.437. The van der Waals surface area contributed by atoms with Crippen molar-refractivity contribution in [3.63, 3.8) is 0 Å². The molecule has 0 aliphatic heterocycles. The summed E-state index contributed by atoms with van der Waals surface area (Å²) in [5, 5.41) is 14.1. The van der Waals surface area contributed by atoms with Gasteiger partial charge in [-0.05, 0) is 42.8 Å². The number of nitro benzene ring substituents is 1. The Hall–Kier alpha value is -2.64. The number of amides is 1. The number of halogens is 1. The van der Waals surface area contributed by atoms with Crippen LogP contribution in [0, 0.1) is 10.1 Å². The Morgan fingerprint density at radius 1 is 1.24 bits per heavy atom. The molecule has 0 heterocycles. The molecule has 0 saturated carbocycles. The Balaban J connectivity index is 2.03. The number of ether oxygens (including phenoxy) is 2. The highest BCUT2D eigenvalue weighted by Gasteiger charge is 2.16. The van der Waals surface area contributed by atoms with Gasteiger partial charge in [-0.1, -0.05) is 11.6 Å². The number of carbonyl (C=O) groups excluding carboxylic acids is 1. The molecule has 0 unspecified atom stereocenters. The van der Waals surface area contributed by atoms with Gasteiger partial charge in [0.15, 0.2) is 0 Å². The molecule has 7 nitrogen and oxygen atoms in total. The second-order valence-corrected chi connectivity index (χ2v) is 5.53. The van der Waals surface area contributed by atoms with Crippen LogP contribution in [0.15, 0.2) is 42.5 Å². The Bertz CT molecular complexity index is 749. The van der Waals surface area contributed by atoms with Gasteiger partial charge in [0.2, 0.25) is 5.75 Å². The molecule has 1 amide bonds. The Labute approximate surface area is 149 Å². The smallest absolute Gasteiger partial charge is 0.313 e. The summed E-state index contributed by atoms with van der Waals surface area (Å²) < 4.78 is 10.4. The van der Waals surface area contributed by atoms with Gasteiger partial charge in [-0.25, -0.2) is 0 Å². The van der Waals surface area contributed by atoms with Crippen molar-refractivity contribution in [1.29, 1.82) is 0 Å². The number of hydrogen-bond acceptors (Lipinski definition) is 5. The zero-order valence-electron chi connectivity index (χ0n) is 13.5. The standard InChI is InChI=1S/C17H17ClN2O5/c1-24-10-2-9-19-17(21)12-3-6-14(7-4-12)25-16-8-5-13(18)11-15(16)20(22)23/h3-8,11H,2,9-10H2,1H3,(H,19,21). The number of rotatable bonds is 8. The van der Waals surface area contributed by atoms with Crippen LogP contribution >= 0.6 is 11.6 Å². The predicted octanol–water partition coefficient (Wildman–Crippen LogP) is 3.81. The first-order valence-corrected chi connectivity index (χ1v) is 7.88. The van der Waals surface area contributed by atoms with Crippen molar-refractivity contribution in [3.05, 3.63) is 63.2 Å². The molecular weight excluding hydrogens is 348 g/mol. The minimum atomic E-state index is -0.566. The zero-order chi connectivity index (χ0) is 18.2. The highest BCUT2D eigenvalue weighted by molar-refractivity contribution is 6.30. The first-order valence-electron chi connectivity index (χ1n) is 7.50. The maximum Gasteiger partial charge on any atom is 0.313 e. The molecule has 0 aliphatic rings. The molecule has 0 bridgehead atoms. The van der Waals surface area contributed by atoms with Crippen LogP contribution in [-0.4, -0.2) is 31.1 Å². The predicted molar refractivity (Wildman–Crippen MR) is 93.4 cm³/mol. The van der Waals surface area contributed by atoms with E-state index in [9.17, 15) is 14.9 Å². The van der Waals surface area contributed by atoms with E-state index >= 15 is 0 Å². The van der Waals surface area contributed by atoms with Gasteiger partial charge in [-0.2, -0.15) is 0 Å². The molecular formula is C17H17ClN2O5. The highest BCUT2D eigenvalue weighted by Crippen LogP contribution is 2.33. The molecule has 0 fully saturated rings. The van der Waals surface area contributed by atoms with Crippen LogP contribution in [0.1, 0.15) is 16.8 Å². The minimum absolute atomic E-state index is 0.0752. The van der Waals surface area contributed by atoms with Crippen molar-refractivity contribution in [2.24, 2.45) is 0 Å². The summed E-state index contributed by atoms with van der Waals surface area (Å²) in [6, 6.07) is 10.5. The normalized spacial score (nSPS) is 10.3. The average molecular weight is 365 g/mol. The van der Waals surface area contributed by atoms with E-state index in [1.54, 1.807) is 31.4 Å². The van der Waals surface area contributed by atoms with Crippen molar-refractivity contribution >= 4 is 23.2 Å². The lowest BCUT2D eigenvalue weighted by Gasteiger charge is -2.08. The minimum Gasteiger partial charge on any atom is -0.450 e. The van der Waals surface area contributed by atoms with Crippen LogP contribution in [0.3, 0.4) is 0 Å². The Morgan fingerprint density at radius 3 is 2.60 bits per heavy atom. The third-order valence-corrected chi connectivity index (χ3v) is 3.51. The average Bonchev–Trinajstić information content (AvgIpc) is 2.60. The van der Waals surface area contributed by atoms with E-state index < -0.39 is 4.92 Å². The summed E-state index contributed by atoms with van der Waals surface area (Å²) in [5.41, 5.74) is 0.239. The van der Waals surface area contributed by atoms with Gasteiger partial charge in [0.05, 0.1) is 4.92 Å². The molecule has 0 saturated heterocycles. The van der Waals surface area contributed by atoms with Crippen LogP contribution in [0.25, 0.3) is 0 Å².